The Morgan fingerprint density at radius 2 is 0.671 bits per heavy atom. The zero-order chi connectivity index (χ0) is 61.9. The van der Waals surface area contributed by atoms with E-state index in [2.05, 4.69) is 86.8 Å². The number of carbonyl (C=O) groups is 3. The third kappa shape index (κ3) is 68.1. The van der Waals surface area contributed by atoms with Gasteiger partial charge in [0.05, 0.1) is 40.3 Å². The molecular formula is C76H137NO8. The lowest BCUT2D eigenvalue weighted by Gasteiger charge is -2.26. The summed E-state index contributed by atoms with van der Waals surface area (Å²) in [5.41, 5.74) is 0. The third-order valence-corrected chi connectivity index (χ3v) is 15.9. The van der Waals surface area contributed by atoms with E-state index in [9.17, 15) is 19.5 Å². The summed E-state index contributed by atoms with van der Waals surface area (Å²) in [6.45, 7) is 4.65. The molecule has 0 fully saturated rings. The van der Waals surface area contributed by atoms with Crippen molar-refractivity contribution in [3.8, 4) is 0 Å². The Balaban J connectivity index is 3.94. The average molecular weight is 1190 g/mol. The fourth-order valence-electron chi connectivity index (χ4n) is 10.4. The number of quaternary nitrogens is 1. The van der Waals surface area contributed by atoms with Crippen molar-refractivity contribution in [3.05, 3.63) is 72.9 Å². The monoisotopic (exact) mass is 1190 g/mol. The second-order valence-corrected chi connectivity index (χ2v) is 25.5. The molecule has 0 aromatic heterocycles. The van der Waals surface area contributed by atoms with Crippen molar-refractivity contribution >= 4 is 17.9 Å². The van der Waals surface area contributed by atoms with Gasteiger partial charge in [0.15, 0.2) is 12.4 Å². The van der Waals surface area contributed by atoms with Gasteiger partial charge in [0.25, 0.3) is 0 Å². The van der Waals surface area contributed by atoms with Crippen molar-refractivity contribution in [2.75, 3.05) is 47.5 Å². The van der Waals surface area contributed by atoms with E-state index in [1.54, 1.807) is 0 Å². The van der Waals surface area contributed by atoms with Crippen molar-refractivity contribution < 1.29 is 42.9 Å². The number of unbranched alkanes of at least 4 members (excludes halogenated alkanes) is 40. The van der Waals surface area contributed by atoms with E-state index in [4.69, 9.17) is 18.9 Å². The van der Waals surface area contributed by atoms with E-state index in [1.807, 2.05) is 21.1 Å². The topological polar surface area (TPSA) is 111 Å². The Morgan fingerprint density at radius 3 is 1.00 bits per heavy atom. The van der Waals surface area contributed by atoms with Crippen LogP contribution in [0.2, 0.25) is 0 Å². The van der Waals surface area contributed by atoms with E-state index < -0.39 is 24.3 Å². The Morgan fingerprint density at radius 1 is 0.365 bits per heavy atom. The average Bonchev–Trinajstić information content (AvgIpc) is 3.49. The molecule has 0 bridgehead atoms. The highest BCUT2D eigenvalue weighted by Gasteiger charge is 2.22. The normalized spacial score (nSPS) is 13.1. The fourth-order valence-corrected chi connectivity index (χ4v) is 10.4. The Bertz CT molecular complexity index is 1620. The lowest BCUT2D eigenvalue weighted by molar-refractivity contribution is -0.870. The van der Waals surface area contributed by atoms with E-state index in [1.165, 1.54) is 238 Å². The molecule has 2 atom stereocenters. The molecule has 0 aromatic carbocycles. The van der Waals surface area contributed by atoms with Gasteiger partial charge in [-0.1, -0.05) is 311 Å². The molecule has 85 heavy (non-hydrogen) atoms. The van der Waals surface area contributed by atoms with Crippen LogP contribution in [0, 0.1) is 0 Å². The molecule has 0 radical (unpaired) electrons. The van der Waals surface area contributed by atoms with Crippen LogP contribution in [0.15, 0.2) is 72.9 Å². The van der Waals surface area contributed by atoms with Gasteiger partial charge in [-0.2, -0.15) is 0 Å². The number of ether oxygens (including phenoxy) is 4. The molecule has 0 saturated heterocycles. The van der Waals surface area contributed by atoms with Crippen LogP contribution in [0.4, 0.5) is 0 Å². The summed E-state index contributed by atoms with van der Waals surface area (Å²) in [5, 5.41) is 11.8. The minimum atomic E-state index is -1.62. The number of carbonyl (C=O) groups excluding carboxylic acids is 3. The van der Waals surface area contributed by atoms with Crippen LogP contribution in [0.25, 0.3) is 0 Å². The second-order valence-electron chi connectivity index (χ2n) is 25.5. The van der Waals surface area contributed by atoms with E-state index >= 15 is 0 Å². The van der Waals surface area contributed by atoms with Gasteiger partial charge in [0.2, 0.25) is 0 Å². The predicted molar refractivity (Wildman–Crippen MR) is 361 cm³/mol. The number of carboxylic acid groups (broad SMARTS) is 1. The number of carboxylic acids is 1. The van der Waals surface area contributed by atoms with Crippen LogP contribution >= 0.6 is 0 Å². The molecule has 9 heteroatoms. The van der Waals surface area contributed by atoms with Crippen molar-refractivity contribution in [1.82, 2.24) is 0 Å². The first kappa shape index (κ1) is 81.7. The number of nitrogens with zero attached hydrogens (tertiary/aromatic N) is 1. The highest BCUT2D eigenvalue weighted by Crippen LogP contribution is 2.18. The van der Waals surface area contributed by atoms with Gasteiger partial charge in [0.1, 0.15) is 13.2 Å². The van der Waals surface area contributed by atoms with Crippen LogP contribution in [0.3, 0.4) is 0 Å². The molecule has 0 aromatic rings. The number of likely N-dealkylation sites (N-methyl/N-ethyl adjacent to an activating group) is 1. The molecule has 0 aliphatic carbocycles. The third-order valence-electron chi connectivity index (χ3n) is 15.9. The van der Waals surface area contributed by atoms with Gasteiger partial charge < -0.3 is 33.3 Å². The van der Waals surface area contributed by atoms with Crippen LogP contribution < -0.4 is 5.11 Å². The summed E-state index contributed by atoms with van der Waals surface area (Å²) in [6, 6.07) is 0. The summed E-state index contributed by atoms with van der Waals surface area (Å²) in [7, 11) is 5.94. The number of hydrogen-bond acceptors (Lipinski definition) is 8. The summed E-state index contributed by atoms with van der Waals surface area (Å²) in [6.07, 6.45) is 85.8. The molecule has 494 valence electrons. The molecule has 0 aliphatic heterocycles. The molecule has 9 nitrogen and oxygen atoms in total. The van der Waals surface area contributed by atoms with E-state index in [-0.39, 0.29) is 38.6 Å². The maximum Gasteiger partial charge on any atom is 0.306 e. The maximum atomic E-state index is 12.9. The molecule has 0 N–H and O–H groups in total. The van der Waals surface area contributed by atoms with Crippen LogP contribution in [-0.4, -0.2) is 82.3 Å². The summed E-state index contributed by atoms with van der Waals surface area (Å²) >= 11 is 0. The zero-order valence-corrected chi connectivity index (χ0v) is 56.5. The minimum Gasteiger partial charge on any atom is -0.545 e. The van der Waals surface area contributed by atoms with Crippen LogP contribution in [0.5, 0.6) is 0 Å². The summed E-state index contributed by atoms with van der Waals surface area (Å²) < 4.78 is 22.8. The van der Waals surface area contributed by atoms with Gasteiger partial charge in [-0.15, -0.1) is 0 Å². The SMILES string of the molecule is CC/C=C\C/C=C\C/C=C\C/C=C\CCCCCCCCCCCCCCCCCCCCCCCCCCCCCCC(=O)OC(COC(=O)CCCCCCCCCCC/C=C\C/C=C\CCCCC)COC(OCC[N+](C)(C)C)C(=O)[O-]. The Hall–Kier alpha value is -3.27. The van der Waals surface area contributed by atoms with E-state index in [0.717, 1.165) is 64.2 Å². The van der Waals surface area contributed by atoms with Crippen molar-refractivity contribution in [2.45, 2.75) is 347 Å². The smallest absolute Gasteiger partial charge is 0.306 e. The van der Waals surface area contributed by atoms with Gasteiger partial charge in [-0.05, 0) is 83.5 Å². The summed E-state index contributed by atoms with van der Waals surface area (Å²) in [4.78, 5) is 37.4. The number of rotatable bonds is 67. The molecular weight excluding hydrogens is 1050 g/mol. The molecule has 0 spiro atoms. The highest BCUT2D eigenvalue weighted by atomic mass is 16.7. The Labute approximate surface area is 526 Å². The number of esters is 2. The van der Waals surface area contributed by atoms with Crippen LogP contribution in [0.1, 0.15) is 335 Å². The first-order valence-corrected chi connectivity index (χ1v) is 36.1. The van der Waals surface area contributed by atoms with Gasteiger partial charge >= 0.3 is 11.9 Å². The lowest BCUT2D eigenvalue weighted by Crippen LogP contribution is -2.44. The maximum absolute atomic E-state index is 12.9. The van der Waals surface area contributed by atoms with Crippen molar-refractivity contribution in [2.24, 2.45) is 0 Å². The number of aliphatic carboxylic acids is 1. The second kappa shape index (κ2) is 66.7. The lowest BCUT2D eigenvalue weighted by atomic mass is 10.0. The van der Waals surface area contributed by atoms with Gasteiger partial charge in [-0.3, -0.25) is 9.59 Å². The minimum absolute atomic E-state index is 0.148. The molecule has 0 rings (SSSR count). The van der Waals surface area contributed by atoms with E-state index in [0.29, 0.717) is 17.4 Å². The van der Waals surface area contributed by atoms with Crippen molar-refractivity contribution in [1.29, 1.82) is 0 Å². The molecule has 0 aliphatic rings. The fraction of sp³-hybridized carbons (Fsp3) is 0.803. The highest BCUT2D eigenvalue weighted by molar-refractivity contribution is 5.70. The zero-order valence-electron chi connectivity index (χ0n) is 56.5. The summed E-state index contributed by atoms with van der Waals surface area (Å²) in [5.74, 6) is -2.27. The largest absolute Gasteiger partial charge is 0.545 e. The molecule has 2 unspecified atom stereocenters. The molecule has 0 heterocycles. The quantitative estimate of drug-likeness (QED) is 0.0195. The number of hydrogen-bond donors (Lipinski definition) is 0. The van der Waals surface area contributed by atoms with Crippen LogP contribution in [-0.2, 0) is 33.3 Å². The van der Waals surface area contributed by atoms with Gasteiger partial charge in [0, 0.05) is 12.8 Å². The first-order valence-electron chi connectivity index (χ1n) is 36.1. The predicted octanol–water partition coefficient (Wildman–Crippen LogP) is 21.1. The molecule has 0 saturated carbocycles. The number of allylic oxidation sites excluding steroid dienone is 12. The molecule has 0 amide bonds. The van der Waals surface area contributed by atoms with Crippen molar-refractivity contribution in [3.63, 3.8) is 0 Å². The first-order chi connectivity index (χ1) is 41.6. The van der Waals surface area contributed by atoms with Gasteiger partial charge in [-0.25, -0.2) is 0 Å². The Kier molecular flexibility index (Phi) is 64.1. The standard InChI is InChI=1S/C76H137NO8/c1-6-8-10-12-14-16-18-20-22-24-26-27-28-29-30-31-32-33-34-35-36-37-38-39-40-41-42-43-44-45-46-47-49-51-53-55-57-59-61-63-65-67-74(79)85-72(71-84-76(75(80)81)82-69-68-77(3,4)5)70-83-73(78)66-64-62-60-58-56-54-52-50-48-25-23-21-19-17-15-13-11-9-7-2/h8,10,14-17,20-23,26-27,72,76H,6-7,9,11-13,18-19,24-25,28-71H2,1-5H3/b10-8-,16-14-,17-15-,22-20-,23-21-,27-26-.